The molecule has 1 aliphatic rings. The van der Waals surface area contributed by atoms with Crippen molar-refractivity contribution in [3.05, 3.63) is 88.1 Å². The topological polar surface area (TPSA) is 58.4 Å². The van der Waals surface area contributed by atoms with Crippen molar-refractivity contribution in [3.8, 4) is 11.1 Å². The second kappa shape index (κ2) is 7.15. The second-order valence-corrected chi connectivity index (χ2v) is 8.44. The van der Waals surface area contributed by atoms with E-state index in [4.69, 9.17) is 11.6 Å². The van der Waals surface area contributed by atoms with Crippen molar-refractivity contribution in [3.63, 3.8) is 0 Å². The molecule has 1 atom stereocenters. The monoisotopic (exact) mass is 451 g/mol. The maximum atomic E-state index is 15.1. The molecule has 9 heteroatoms. The number of rotatable bonds is 3. The number of benzene rings is 3. The number of carbonyl (C=O) groups is 1. The summed E-state index contributed by atoms with van der Waals surface area (Å²) in [7, 11) is 3.16. The molecule has 1 amide bonds. The average Bonchev–Trinajstić information content (AvgIpc) is 3.20. The van der Waals surface area contributed by atoms with E-state index in [1.54, 1.807) is 42.2 Å². The zero-order valence-electron chi connectivity index (χ0n) is 17.2. The zero-order valence-corrected chi connectivity index (χ0v) is 18.0. The van der Waals surface area contributed by atoms with Crippen LogP contribution in [0.15, 0.2) is 54.7 Å². The van der Waals surface area contributed by atoms with Crippen LogP contribution in [0.25, 0.3) is 22.0 Å². The molecule has 0 saturated heterocycles. The first-order valence-electron chi connectivity index (χ1n) is 9.92. The van der Waals surface area contributed by atoms with Crippen LogP contribution in [-0.4, -0.2) is 33.5 Å². The third-order valence-corrected chi connectivity index (χ3v) is 6.24. The van der Waals surface area contributed by atoms with Gasteiger partial charge in [0.2, 0.25) is 0 Å². The van der Waals surface area contributed by atoms with Crippen LogP contribution in [0.2, 0.25) is 5.02 Å². The van der Waals surface area contributed by atoms with Crippen LogP contribution in [-0.2, 0) is 19.2 Å². The van der Waals surface area contributed by atoms with Crippen molar-refractivity contribution < 1.29 is 18.7 Å². The molecule has 0 fully saturated rings. The number of aryl methyl sites for hydroxylation is 1. The van der Waals surface area contributed by atoms with Gasteiger partial charge < -0.3 is 10.0 Å². The lowest BCUT2D eigenvalue weighted by Gasteiger charge is -2.32. The summed E-state index contributed by atoms with van der Waals surface area (Å²) in [6, 6.07) is 12.5. The highest BCUT2D eigenvalue weighted by Crippen LogP contribution is 2.41. The predicted molar refractivity (Wildman–Crippen MR) is 120 cm³/mol. The molecule has 1 N–H and O–H groups in total. The van der Waals surface area contributed by atoms with Crippen molar-refractivity contribution in [2.24, 2.45) is 7.05 Å². The molecular formula is C23H17BClF2N3O2. The first-order chi connectivity index (χ1) is 15.2. The quantitative estimate of drug-likeness (QED) is 0.485. The highest BCUT2D eigenvalue weighted by molar-refractivity contribution is 6.34. The van der Waals surface area contributed by atoms with E-state index < -0.39 is 29.7 Å². The van der Waals surface area contributed by atoms with Crippen LogP contribution in [0.1, 0.15) is 21.5 Å². The van der Waals surface area contributed by atoms with Crippen LogP contribution in [0.4, 0.5) is 8.78 Å². The standard InChI is InChI=1S/C23H17BClF2N3O2/c1-29-10-15-13(4-3-7-20(15)28-29)12-8-18(26)16(19(27)9-12)11-30-22(31)14-5-2-6-17(25)21(14)23(30,24)32/h2-10,32H,11,24H2,1H3. The Kier molecular flexibility index (Phi) is 4.62. The normalized spacial score (nSPS) is 17.9. The lowest BCUT2D eigenvalue weighted by molar-refractivity contribution is -0.0207. The Morgan fingerprint density at radius 1 is 1.12 bits per heavy atom. The number of amides is 1. The number of hydrogen-bond donors (Lipinski definition) is 1. The SMILES string of the molecule is BC1(O)c2c(Cl)cccc2C(=O)N1Cc1c(F)cc(-c2cccc3nn(C)cc23)cc1F. The van der Waals surface area contributed by atoms with E-state index in [-0.39, 0.29) is 21.7 Å². The lowest BCUT2D eigenvalue weighted by Crippen LogP contribution is -2.44. The van der Waals surface area contributed by atoms with Gasteiger partial charge in [-0.15, -0.1) is 0 Å². The minimum Gasteiger partial charge on any atom is -0.375 e. The number of aliphatic hydroxyl groups is 1. The molecule has 1 unspecified atom stereocenters. The molecule has 1 aromatic heterocycles. The summed E-state index contributed by atoms with van der Waals surface area (Å²) in [4.78, 5) is 13.9. The molecule has 5 rings (SSSR count). The van der Waals surface area contributed by atoms with E-state index in [1.165, 1.54) is 26.0 Å². The molecule has 0 bridgehead atoms. The molecule has 0 aliphatic carbocycles. The maximum Gasteiger partial charge on any atom is 0.256 e. The Hall–Kier alpha value is -3.23. The van der Waals surface area contributed by atoms with E-state index >= 15 is 8.78 Å². The van der Waals surface area contributed by atoms with Crippen molar-refractivity contribution in [1.82, 2.24) is 14.7 Å². The molecule has 3 aromatic carbocycles. The fourth-order valence-corrected chi connectivity index (χ4v) is 4.72. The molecule has 0 spiro atoms. The number of carbonyl (C=O) groups excluding carboxylic acids is 1. The van der Waals surface area contributed by atoms with Gasteiger partial charge in [-0.05, 0) is 41.5 Å². The van der Waals surface area contributed by atoms with Crippen LogP contribution < -0.4 is 0 Å². The minimum atomic E-state index is -1.80. The van der Waals surface area contributed by atoms with Crippen LogP contribution in [0.5, 0.6) is 0 Å². The average molecular weight is 452 g/mol. The molecule has 2 heterocycles. The van der Waals surface area contributed by atoms with E-state index in [9.17, 15) is 9.90 Å². The summed E-state index contributed by atoms with van der Waals surface area (Å²) >= 11 is 6.19. The summed E-state index contributed by atoms with van der Waals surface area (Å²) in [6.07, 6.45) is 1.79. The second-order valence-electron chi connectivity index (χ2n) is 8.03. The van der Waals surface area contributed by atoms with Gasteiger partial charge in [0.15, 0.2) is 7.85 Å². The van der Waals surface area contributed by atoms with Crippen LogP contribution >= 0.6 is 11.6 Å². The van der Waals surface area contributed by atoms with Crippen LogP contribution in [0, 0.1) is 11.6 Å². The Morgan fingerprint density at radius 2 is 1.78 bits per heavy atom. The summed E-state index contributed by atoms with van der Waals surface area (Å²) in [5.74, 6) is -2.17. The molecule has 4 aromatic rings. The number of hydrogen-bond acceptors (Lipinski definition) is 3. The largest absolute Gasteiger partial charge is 0.375 e. The smallest absolute Gasteiger partial charge is 0.256 e. The van der Waals surface area contributed by atoms with E-state index in [2.05, 4.69) is 5.10 Å². The van der Waals surface area contributed by atoms with Gasteiger partial charge in [0.05, 0.1) is 12.1 Å². The Balaban J connectivity index is 1.55. The first-order valence-corrected chi connectivity index (χ1v) is 10.3. The maximum absolute atomic E-state index is 15.1. The van der Waals surface area contributed by atoms with Gasteiger partial charge in [0.25, 0.3) is 5.91 Å². The van der Waals surface area contributed by atoms with Gasteiger partial charge in [0.1, 0.15) is 17.3 Å². The van der Waals surface area contributed by atoms with Gasteiger partial charge in [-0.1, -0.05) is 29.8 Å². The summed E-state index contributed by atoms with van der Waals surface area (Å²) in [5.41, 5.74) is 0.0314. The van der Waals surface area contributed by atoms with E-state index in [1.807, 2.05) is 6.07 Å². The number of halogens is 3. The van der Waals surface area contributed by atoms with Crippen molar-refractivity contribution in [2.75, 3.05) is 0 Å². The lowest BCUT2D eigenvalue weighted by atomic mass is 9.83. The van der Waals surface area contributed by atoms with Gasteiger partial charge in [0, 0.05) is 40.3 Å². The zero-order chi connectivity index (χ0) is 22.8. The number of fused-ring (bicyclic) bond motifs is 2. The highest BCUT2D eigenvalue weighted by atomic mass is 35.5. The van der Waals surface area contributed by atoms with Gasteiger partial charge in [-0.2, -0.15) is 5.10 Å². The Bertz CT molecular complexity index is 1400. The minimum absolute atomic E-state index is 0.211. The van der Waals surface area contributed by atoms with Crippen LogP contribution in [0.3, 0.4) is 0 Å². The fraction of sp³-hybridized carbons (Fsp3) is 0.130. The van der Waals surface area contributed by atoms with Gasteiger partial charge >= 0.3 is 0 Å². The Morgan fingerprint density at radius 3 is 2.47 bits per heavy atom. The van der Waals surface area contributed by atoms with E-state index in [0.717, 1.165) is 10.3 Å². The third kappa shape index (κ3) is 3.02. The third-order valence-electron chi connectivity index (χ3n) is 5.92. The highest BCUT2D eigenvalue weighted by Gasteiger charge is 2.46. The van der Waals surface area contributed by atoms with Crippen molar-refractivity contribution in [1.29, 1.82) is 0 Å². The molecule has 5 nitrogen and oxygen atoms in total. The molecule has 0 saturated carbocycles. The first kappa shape index (κ1) is 20.7. The van der Waals surface area contributed by atoms with Crippen molar-refractivity contribution in [2.45, 2.75) is 12.2 Å². The molecule has 32 heavy (non-hydrogen) atoms. The molecule has 1 aliphatic heterocycles. The van der Waals surface area contributed by atoms with Crippen molar-refractivity contribution >= 4 is 36.3 Å². The Labute approximate surface area is 188 Å². The summed E-state index contributed by atoms with van der Waals surface area (Å²) < 4.78 is 31.9. The van der Waals surface area contributed by atoms with E-state index in [0.29, 0.717) is 16.6 Å². The number of aromatic nitrogens is 2. The van der Waals surface area contributed by atoms with Gasteiger partial charge in [-0.3, -0.25) is 9.48 Å². The molecule has 0 radical (unpaired) electrons. The van der Waals surface area contributed by atoms with Gasteiger partial charge in [-0.25, -0.2) is 8.78 Å². The summed E-state index contributed by atoms with van der Waals surface area (Å²) in [6.45, 7) is -0.452. The fourth-order valence-electron chi connectivity index (χ4n) is 4.37. The molecular weight excluding hydrogens is 435 g/mol. The molecule has 160 valence electrons. The summed E-state index contributed by atoms with van der Waals surface area (Å²) in [5, 5.41) is 16.3. The number of nitrogens with zero attached hydrogens (tertiary/aromatic N) is 3. The predicted octanol–water partition coefficient (Wildman–Crippen LogP) is 3.56.